The number of hydrogen-bond donors (Lipinski definition) is 1. The molecule has 5 nitrogen and oxygen atoms in total. The monoisotopic (exact) mass is 432 g/mol. The van der Waals surface area contributed by atoms with E-state index < -0.39 is 7.82 Å². The van der Waals surface area contributed by atoms with Gasteiger partial charge >= 0.3 is 59.2 Å². The summed E-state index contributed by atoms with van der Waals surface area (Å²) < 4.78 is 26.7. The number of halogens is 1. The predicted molar refractivity (Wildman–Crippen MR) is 102 cm³/mol. The second-order valence-corrected chi connectivity index (χ2v) is 7.85. The molecule has 0 saturated heterocycles. The molecule has 0 spiro atoms. The third kappa shape index (κ3) is 11.8. The Labute approximate surface area is 206 Å². The molecule has 1 N–H and O–H groups in total. The van der Waals surface area contributed by atoms with Crippen LogP contribution in [-0.2, 0) is 20.2 Å². The zero-order valence-corrected chi connectivity index (χ0v) is 20.8. The smallest absolute Gasteiger partial charge is 1.00 e. The van der Waals surface area contributed by atoms with E-state index in [2.05, 4.69) is 11.6 Å². The van der Waals surface area contributed by atoms with E-state index in [0.29, 0.717) is 18.1 Å². The van der Waals surface area contributed by atoms with Crippen molar-refractivity contribution in [3.8, 4) is 5.75 Å². The standard InChI is InChI=1S/C18H30ClO5P.K.H/c1-2-3-4-5-6-7-8-12-17-13-9-10-14-18(17)23-25(21,24-20)22-16-11-15-19;;/h9-10,13-14,20H,2-8,11-12,15-16H2,1H3;;/q;+1;-1. The van der Waals surface area contributed by atoms with Crippen LogP contribution in [0.1, 0.15) is 65.3 Å². The minimum Gasteiger partial charge on any atom is -1.00 e. The molecule has 0 aromatic heterocycles. The molecule has 1 aromatic carbocycles. The van der Waals surface area contributed by atoms with Crippen LogP contribution in [0.4, 0.5) is 0 Å². The van der Waals surface area contributed by atoms with E-state index in [0.717, 1.165) is 24.8 Å². The van der Waals surface area contributed by atoms with Crippen molar-refractivity contribution in [1.82, 2.24) is 0 Å². The van der Waals surface area contributed by atoms with Gasteiger partial charge in [0.25, 0.3) is 0 Å². The van der Waals surface area contributed by atoms with E-state index in [1.54, 1.807) is 12.1 Å². The van der Waals surface area contributed by atoms with E-state index in [1.165, 1.54) is 32.1 Å². The van der Waals surface area contributed by atoms with Crippen LogP contribution in [0.15, 0.2) is 24.3 Å². The van der Waals surface area contributed by atoms with Crippen molar-refractivity contribution >= 4 is 19.4 Å². The zero-order valence-electron chi connectivity index (χ0n) is 17.0. The van der Waals surface area contributed by atoms with Crippen molar-refractivity contribution < 1.29 is 76.4 Å². The molecule has 0 amide bonds. The molecule has 1 atom stereocenters. The first-order valence-corrected chi connectivity index (χ1v) is 11.1. The van der Waals surface area contributed by atoms with Gasteiger partial charge in [-0.3, -0.25) is 4.52 Å². The first-order chi connectivity index (χ1) is 12.1. The van der Waals surface area contributed by atoms with Gasteiger partial charge in [0.05, 0.1) is 6.61 Å². The van der Waals surface area contributed by atoms with Crippen LogP contribution in [0.25, 0.3) is 0 Å². The van der Waals surface area contributed by atoms with Crippen molar-refractivity contribution in [1.29, 1.82) is 0 Å². The molecule has 26 heavy (non-hydrogen) atoms. The molecule has 0 heterocycles. The second-order valence-electron chi connectivity index (χ2n) is 5.97. The minimum atomic E-state index is -4.04. The van der Waals surface area contributed by atoms with Crippen molar-refractivity contribution in [2.24, 2.45) is 0 Å². The number of unbranched alkanes of at least 4 members (excludes halogenated alkanes) is 6. The largest absolute Gasteiger partial charge is 1.00 e. The maximum absolute atomic E-state index is 12.3. The maximum atomic E-state index is 12.3. The number of alkyl halides is 1. The average Bonchev–Trinajstić information content (AvgIpc) is 2.62. The number of phosphoric ester groups is 1. The molecular formula is C18H31ClKO5P. The van der Waals surface area contributed by atoms with Crippen LogP contribution in [0.3, 0.4) is 0 Å². The first-order valence-electron chi connectivity index (χ1n) is 9.06. The number of rotatable bonds is 15. The molecule has 1 rings (SSSR count). The Bertz CT molecular complexity index is 524. The molecule has 0 aliphatic rings. The van der Waals surface area contributed by atoms with Crippen LogP contribution in [0, 0.1) is 0 Å². The second kappa shape index (κ2) is 17.0. The van der Waals surface area contributed by atoms with Gasteiger partial charge in [0.15, 0.2) is 0 Å². The number of aryl methyl sites for hydroxylation is 1. The van der Waals surface area contributed by atoms with Crippen molar-refractivity contribution in [3.63, 3.8) is 0 Å². The summed E-state index contributed by atoms with van der Waals surface area (Å²) in [5, 5.41) is 8.91. The van der Waals surface area contributed by atoms with Gasteiger partial charge in [-0.25, -0.2) is 9.82 Å². The van der Waals surface area contributed by atoms with Gasteiger partial charge in [-0.05, 0) is 30.9 Å². The predicted octanol–water partition coefficient (Wildman–Crippen LogP) is 3.72. The third-order valence-electron chi connectivity index (χ3n) is 3.86. The van der Waals surface area contributed by atoms with Gasteiger partial charge in [0.2, 0.25) is 0 Å². The normalized spacial score (nSPS) is 13.0. The molecule has 0 aliphatic heterocycles. The van der Waals surface area contributed by atoms with Crippen LogP contribution in [0.5, 0.6) is 5.75 Å². The maximum Gasteiger partial charge on any atom is 1.00 e. The molecule has 146 valence electrons. The topological polar surface area (TPSA) is 65.0 Å². The Kier molecular flexibility index (Phi) is 17.7. The summed E-state index contributed by atoms with van der Waals surface area (Å²) in [6.07, 6.45) is 9.84. The summed E-state index contributed by atoms with van der Waals surface area (Å²) in [5.41, 5.74) is 0.925. The summed E-state index contributed by atoms with van der Waals surface area (Å²) in [4.78, 5) is 0. The molecule has 0 saturated carbocycles. The van der Waals surface area contributed by atoms with Gasteiger partial charge in [-0.1, -0.05) is 63.6 Å². The fourth-order valence-corrected chi connectivity index (χ4v) is 3.50. The fraction of sp³-hybridized carbons (Fsp3) is 0.667. The Morgan fingerprint density at radius 1 is 1.08 bits per heavy atom. The van der Waals surface area contributed by atoms with Gasteiger partial charge in [0, 0.05) is 5.88 Å². The van der Waals surface area contributed by atoms with Gasteiger partial charge in [-0.15, -0.1) is 16.3 Å². The Hall–Kier alpha value is 1.06. The van der Waals surface area contributed by atoms with E-state index in [1.807, 2.05) is 12.1 Å². The Balaban J connectivity index is 0. The average molecular weight is 433 g/mol. The quantitative estimate of drug-likeness (QED) is 0.114. The Morgan fingerprint density at radius 3 is 2.38 bits per heavy atom. The van der Waals surface area contributed by atoms with E-state index >= 15 is 0 Å². The summed E-state index contributed by atoms with van der Waals surface area (Å²) in [6, 6.07) is 7.31. The first kappa shape index (κ1) is 27.1. The molecule has 0 radical (unpaired) electrons. The van der Waals surface area contributed by atoms with Gasteiger partial charge in [0.1, 0.15) is 5.75 Å². The van der Waals surface area contributed by atoms with Crippen LogP contribution >= 0.6 is 19.4 Å². The molecule has 8 heteroatoms. The summed E-state index contributed by atoms with van der Waals surface area (Å²) in [6.45, 7) is 2.30. The number of benzene rings is 1. The SMILES string of the molecule is CCCCCCCCCc1ccccc1OP(=O)(OO)OCCCCl.[H-].[K+]. The Morgan fingerprint density at radius 2 is 1.73 bits per heavy atom. The summed E-state index contributed by atoms with van der Waals surface area (Å²) in [7, 11) is -4.04. The van der Waals surface area contributed by atoms with Crippen molar-refractivity contribution in [2.75, 3.05) is 12.5 Å². The van der Waals surface area contributed by atoms with Gasteiger partial charge < -0.3 is 5.95 Å². The molecule has 1 aromatic rings. The van der Waals surface area contributed by atoms with Crippen LogP contribution in [-0.4, -0.2) is 17.7 Å². The molecular weight excluding hydrogens is 402 g/mol. The number of hydrogen-bond acceptors (Lipinski definition) is 5. The molecule has 0 fully saturated rings. The summed E-state index contributed by atoms with van der Waals surface area (Å²) >= 11 is 5.56. The fourth-order valence-electron chi connectivity index (χ4n) is 2.49. The molecule has 1 unspecified atom stereocenters. The van der Waals surface area contributed by atoms with Crippen molar-refractivity contribution in [3.05, 3.63) is 29.8 Å². The van der Waals surface area contributed by atoms with Gasteiger partial charge in [-0.2, -0.15) is 0 Å². The number of para-hydroxylation sites is 1. The zero-order chi connectivity index (χ0) is 18.4. The van der Waals surface area contributed by atoms with Crippen LogP contribution < -0.4 is 55.9 Å². The minimum absolute atomic E-state index is 0. The van der Waals surface area contributed by atoms with Crippen molar-refractivity contribution in [2.45, 2.75) is 64.7 Å². The molecule has 0 bridgehead atoms. The molecule has 0 aliphatic carbocycles. The number of phosphoric acid groups is 1. The van der Waals surface area contributed by atoms with E-state index in [9.17, 15) is 4.57 Å². The van der Waals surface area contributed by atoms with E-state index in [-0.39, 0.29) is 59.4 Å². The third-order valence-corrected chi connectivity index (χ3v) is 5.25. The van der Waals surface area contributed by atoms with Crippen LogP contribution in [0.2, 0.25) is 0 Å². The summed E-state index contributed by atoms with van der Waals surface area (Å²) in [5.74, 6) is 0.775. The van der Waals surface area contributed by atoms with E-state index in [4.69, 9.17) is 25.9 Å².